The molecule has 1 aromatic heterocycles. The van der Waals surface area contributed by atoms with Crippen LogP contribution in [0.25, 0.3) is 11.4 Å². The number of nitriles is 1. The lowest BCUT2D eigenvalue weighted by Crippen LogP contribution is -2.41. The van der Waals surface area contributed by atoms with Crippen LogP contribution in [0, 0.1) is 11.3 Å². The second kappa shape index (κ2) is 5.96. The average molecular weight is 325 g/mol. The van der Waals surface area contributed by atoms with Crippen molar-refractivity contribution in [3.63, 3.8) is 0 Å². The Labute approximate surface area is 140 Å². The molecule has 0 unspecified atom stereocenters. The van der Waals surface area contributed by atoms with Crippen molar-refractivity contribution >= 4 is 6.09 Å². The van der Waals surface area contributed by atoms with Crippen molar-refractivity contribution in [2.75, 3.05) is 6.54 Å². The lowest BCUT2D eigenvalue weighted by Gasteiger charge is -2.30. The van der Waals surface area contributed by atoms with Crippen LogP contribution >= 0.6 is 0 Å². The number of nitrogens with zero attached hydrogens (tertiary/aromatic N) is 5. The van der Waals surface area contributed by atoms with Crippen molar-refractivity contribution in [1.82, 2.24) is 19.7 Å². The van der Waals surface area contributed by atoms with Gasteiger partial charge < -0.3 is 9.30 Å². The van der Waals surface area contributed by atoms with E-state index < -0.39 is 5.60 Å². The van der Waals surface area contributed by atoms with Gasteiger partial charge in [-0.1, -0.05) is 12.1 Å². The highest BCUT2D eigenvalue weighted by atomic mass is 16.6. The fourth-order valence-corrected chi connectivity index (χ4v) is 2.58. The molecule has 1 aliphatic rings. The number of aromatic nitrogens is 3. The summed E-state index contributed by atoms with van der Waals surface area (Å²) >= 11 is 0. The zero-order valence-electron chi connectivity index (χ0n) is 14.0. The SMILES string of the molecule is CC(C)(C)OC(=O)N1CCn2c(nnc2-c2cccc(C#N)c2)C1. The van der Waals surface area contributed by atoms with Gasteiger partial charge in [-0.3, -0.25) is 4.90 Å². The number of carbonyl (C=O) groups is 1. The van der Waals surface area contributed by atoms with Crippen molar-refractivity contribution in [2.24, 2.45) is 0 Å². The molecule has 1 aliphatic heterocycles. The van der Waals surface area contributed by atoms with Gasteiger partial charge in [0.05, 0.1) is 18.2 Å². The molecular weight excluding hydrogens is 306 g/mol. The zero-order valence-corrected chi connectivity index (χ0v) is 14.0. The molecule has 0 saturated carbocycles. The maximum atomic E-state index is 12.2. The molecular formula is C17H19N5O2. The summed E-state index contributed by atoms with van der Waals surface area (Å²) in [5.74, 6) is 1.43. The average Bonchev–Trinajstić information content (AvgIpc) is 2.96. The second-order valence-electron chi connectivity index (χ2n) is 6.69. The Morgan fingerprint density at radius 2 is 2.08 bits per heavy atom. The molecule has 0 N–H and O–H groups in total. The predicted molar refractivity (Wildman–Crippen MR) is 86.8 cm³/mol. The Bertz CT molecular complexity index is 813. The van der Waals surface area contributed by atoms with Crippen molar-refractivity contribution in [3.05, 3.63) is 35.7 Å². The van der Waals surface area contributed by atoms with Gasteiger partial charge in [-0.05, 0) is 32.9 Å². The summed E-state index contributed by atoms with van der Waals surface area (Å²) in [4.78, 5) is 13.8. The van der Waals surface area contributed by atoms with Gasteiger partial charge in [0.1, 0.15) is 5.60 Å². The summed E-state index contributed by atoms with van der Waals surface area (Å²) in [6.45, 7) is 7.02. The Hall–Kier alpha value is -2.88. The lowest BCUT2D eigenvalue weighted by atomic mass is 10.1. The molecule has 0 bridgehead atoms. The Kier molecular flexibility index (Phi) is 3.97. The molecule has 7 heteroatoms. The minimum atomic E-state index is -0.523. The van der Waals surface area contributed by atoms with E-state index in [4.69, 9.17) is 10.00 Å². The molecule has 1 amide bonds. The fraction of sp³-hybridized carbons (Fsp3) is 0.412. The van der Waals surface area contributed by atoms with Crippen molar-refractivity contribution in [2.45, 2.75) is 39.5 Å². The van der Waals surface area contributed by atoms with Gasteiger partial charge in [-0.25, -0.2) is 4.79 Å². The standard InChI is InChI=1S/C17H19N5O2/c1-17(2,3)24-16(23)21-7-8-22-14(11-21)19-20-15(22)13-6-4-5-12(9-13)10-18/h4-6,9H,7-8,11H2,1-3H3. The third-order valence-corrected chi connectivity index (χ3v) is 3.65. The van der Waals surface area contributed by atoms with Crippen LogP contribution in [-0.2, 0) is 17.8 Å². The van der Waals surface area contributed by atoms with Crippen molar-refractivity contribution < 1.29 is 9.53 Å². The summed E-state index contributed by atoms with van der Waals surface area (Å²) in [6, 6.07) is 9.39. The Balaban J connectivity index is 1.82. The molecule has 1 aromatic carbocycles. The van der Waals surface area contributed by atoms with E-state index in [9.17, 15) is 4.79 Å². The molecule has 7 nitrogen and oxygen atoms in total. The number of hydrogen-bond donors (Lipinski definition) is 0. The van der Waals surface area contributed by atoms with Gasteiger partial charge in [0, 0.05) is 18.7 Å². The van der Waals surface area contributed by atoms with E-state index in [1.165, 1.54) is 0 Å². The minimum absolute atomic E-state index is 0.343. The van der Waals surface area contributed by atoms with Gasteiger partial charge in [0.15, 0.2) is 11.6 Å². The first-order valence-electron chi connectivity index (χ1n) is 7.78. The van der Waals surface area contributed by atoms with Gasteiger partial charge in [0.2, 0.25) is 0 Å². The molecule has 24 heavy (non-hydrogen) atoms. The van der Waals surface area contributed by atoms with Crippen LogP contribution in [0.4, 0.5) is 4.79 Å². The van der Waals surface area contributed by atoms with Gasteiger partial charge >= 0.3 is 6.09 Å². The maximum absolute atomic E-state index is 12.2. The normalized spacial score (nSPS) is 14.0. The number of ether oxygens (including phenoxy) is 1. The molecule has 2 heterocycles. The van der Waals surface area contributed by atoms with Crippen LogP contribution in [-0.4, -0.2) is 37.9 Å². The van der Waals surface area contributed by atoms with E-state index in [0.717, 1.165) is 5.56 Å². The number of rotatable bonds is 1. The van der Waals surface area contributed by atoms with Crippen LogP contribution in [0.3, 0.4) is 0 Å². The topological polar surface area (TPSA) is 84.0 Å². The third kappa shape index (κ3) is 3.23. The number of amides is 1. The number of fused-ring (bicyclic) bond motifs is 1. The highest BCUT2D eigenvalue weighted by molar-refractivity contribution is 5.68. The van der Waals surface area contributed by atoms with E-state index in [1.54, 1.807) is 17.0 Å². The second-order valence-corrected chi connectivity index (χ2v) is 6.69. The summed E-state index contributed by atoms with van der Waals surface area (Å²) < 4.78 is 7.39. The third-order valence-electron chi connectivity index (χ3n) is 3.65. The number of hydrogen-bond acceptors (Lipinski definition) is 5. The molecule has 0 atom stereocenters. The largest absolute Gasteiger partial charge is 0.444 e. The fourth-order valence-electron chi connectivity index (χ4n) is 2.58. The first-order valence-corrected chi connectivity index (χ1v) is 7.78. The van der Waals surface area contributed by atoms with Crippen LogP contribution in [0.15, 0.2) is 24.3 Å². The van der Waals surface area contributed by atoms with Gasteiger partial charge in [-0.15, -0.1) is 10.2 Å². The Morgan fingerprint density at radius 3 is 2.79 bits per heavy atom. The Morgan fingerprint density at radius 1 is 1.29 bits per heavy atom. The van der Waals surface area contributed by atoms with Gasteiger partial charge in [0.25, 0.3) is 0 Å². The molecule has 0 spiro atoms. The molecule has 124 valence electrons. The smallest absolute Gasteiger partial charge is 0.410 e. The summed E-state index contributed by atoms with van der Waals surface area (Å²) in [7, 11) is 0. The summed E-state index contributed by atoms with van der Waals surface area (Å²) in [6.07, 6.45) is -0.343. The number of benzene rings is 1. The summed E-state index contributed by atoms with van der Waals surface area (Å²) in [5, 5.41) is 17.5. The van der Waals surface area contributed by atoms with E-state index in [2.05, 4.69) is 16.3 Å². The first kappa shape index (κ1) is 16.0. The zero-order chi connectivity index (χ0) is 17.3. The molecule has 0 saturated heterocycles. The molecule has 0 fully saturated rings. The monoisotopic (exact) mass is 325 g/mol. The highest BCUT2D eigenvalue weighted by Gasteiger charge is 2.28. The van der Waals surface area contributed by atoms with Crippen LogP contribution < -0.4 is 0 Å². The molecule has 0 aliphatic carbocycles. The van der Waals surface area contributed by atoms with Crippen LogP contribution in [0.1, 0.15) is 32.2 Å². The summed E-state index contributed by atoms with van der Waals surface area (Å²) in [5.41, 5.74) is 0.903. The lowest BCUT2D eigenvalue weighted by molar-refractivity contribution is 0.0196. The first-order chi connectivity index (χ1) is 11.4. The minimum Gasteiger partial charge on any atom is -0.444 e. The van der Waals surface area contributed by atoms with E-state index in [1.807, 2.05) is 37.5 Å². The van der Waals surface area contributed by atoms with Crippen LogP contribution in [0.2, 0.25) is 0 Å². The predicted octanol–water partition coefficient (Wildman–Crippen LogP) is 2.57. The quantitative estimate of drug-likeness (QED) is 0.804. The molecule has 3 rings (SSSR count). The van der Waals surface area contributed by atoms with Gasteiger partial charge in [-0.2, -0.15) is 5.26 Å². The van der Waals surface area contributed by atoms with E-state index in [-0.39, 0.29) is 6.09 Å². The van der Waals surface area contributed by atoms with E-state index in [0.29, 0.717) is 36.8 Å². The van der Waals surface area contributed by atoms with Crippen LogP contribution in [0.5, 0.6) is 0 Å². The maximum Gasteiger partial charge on any atom is 0.410 e. The molecule has 0 radical (unpaired) electrons. The molecule has 2 aromatic rings. The number of carbonyl (C=O) groups excluding carboxylic acids is 1. The van der Waals surface area contributed by atoms with E-state index >= 15 is 0 Å². The van der Waals surface area contributed by atoms with Crippen molar-refractivity contribution in [3.8, 4) is 17.5 Å². The highest BCUT2D eigenvalue weighted by Crippen LogP contribution is 2.23. The van der Waals surface area contributed by atoms with Crippen molar-refractivity contribution in [1.29, 1.82) is 5.26 Å².